The van der Waals surface area contributed by atoms with Gasteiger partial charge in [-0.25, -0.2) is 0 Å². The highest BCUT2D eigenvalue weighted by atomic mass is 127. The Hall–Kier alpha value is -0.770. The van der Waals surface area contributed by atoms with Crippen molar-refractivity contribution in [2.75, 3.05) is 23.3 Å². The maximum Gasteiger partial charge on any atom is 0.243 e. The summed E-state index contributed by atoms with van der Waals surface area (Å²) in [5.41, 5.74) is 0. The minimum atomic E-state index is -0.596. The zero-order valence-electron chi connectivity index (χ0n) is 14.1. The summed E-state index contributed by atoms with van der Waals surface area (Å²) in [7, 11) is 0. The molecule has 0 radical (unpaired) electrons. The second-order valence-electron chi connectivity index (χ2n) is 5.22. The van der Waals surface area contributed by atoms with E-state index in [9.17, 15) is 14.4 Å². The summed E-state index contributed by atoms with van der Waals surface area (Å²) in [6.45, 7) is 3.01. The standard InChI is InChI=1S/C16H28IN3O3S/c1-2-3-10-18-14(21)7-5-4-6-11-19-16(23)13(12-24)20-15(22)8-9-17/h2-3,13,24H,4-12H2,1H3,(H,18,21)(H,19,23)(H,20,22)/b3-2-. The Morgan fingerprint density at radius 3 is 2.46 bits per heavy atom. The second kappa shape index (κ2) is 15.7. The lowest BCUT2D eigenvalue weighted by Gasteiger charge is -2.16. The smallest absolute Gasteiger partial charge is 0.243 e. The molecule has 6 nitrogen and oxygen atoms in total. The van der Waals surface area contributed by atoms with Crippen molar-refractivity contribution < 1.29 is 14.4 Å². The minimum absolute atomic E-state index is 0.0465. The second-order valence-corrected chi connectivity index (χ2v) is 6.66. The number of carbonyl (C=O) groups is 3. The monoisotopic (exact) mass is 469 g/mol. The fourth-order valence-corrected chi connectivity index (χ4v) is 2.59. The average molecular weight is 469 g/mol. The number of alkyl halides is 1. The molecule has 3 N–H and O–H groups in total. The summed E-state index contributed by atoms with van der Waals surface area (Å²) in [5.74, 6) is -0.0331. The van der Waals surface area contributed by atoms with Gasteiger partial charge in [0.1, 0.15) is 6.04 Å². The van der Waals surface area contributed by atoms with Gasteiger partial charge in [-0.2, -0.15) is 12.6 Å². The van der Waals surface area contributed by atoms with Gasteiger partial charge in [-0.3, -0.25) is 14.4 Å². The number of unbranched alkanes of at least 4 members (excludes halogenated alkanes) is 2. The van der Waals surface area contributed by atoms with Crippen LogP contribution in [0.15, 0.2) is 12.2 Å². The highest BCUT2D eigenvalue weighted by Crippen LogP contribution is 1.99. The molecule has 0 aromatic rings. The number of halogens is 1. The van der Waals surface area contributed by atoms with E-state index in [0.29, 0.717) is 30.4 Å². The van der Waals surface area contributed by atoms with Crippen molar-refractivity contribution in [3.8, 4) is 0 Å². The number of hydrogen-bond donors (Lipinski definition) is 4. The molecule has 0 bridgehead atoms. The van der Waals surface area contributed by atoms with E-state index in [-0.39, 0.29) is 23.5 Å². The summed E-state index contributed by atoms with van der Waals surface area (Å²) < 4.78 is 0.715. The molecule has 0 saturated carbocycles. The Balaban J connectivity index is 3.76. The topological polar surface area (TPSA) is 87.3 Å². The van der Waals surface area contributed by atoms with Gasteiger partial charge in [-0.1, -0.05) is 41.2 Å². The van der Waals surface area contributed by atoms with E-state index in [1.165, 1.54) is 0 Å². The molecule has 3 amide bonds. The van der Waals surface area contributed by atoms with Gasteiger partial charge in [0.05, 0.1) is 0 Å². The average Bonchev–Trinajstić information content (AvgIpc) is 2.56. The lowest BCUT2D eigenvalue weighted by Crippen LogP contribution is -2.48. The van der Waals surface area contributed by atoms with Crippen molar-refractivity contribution in [3.05, 3.63) is 12.2 Å². The van der Waals surface area contributed by atoms with E-state index in [2.05, 4.69) is 51.2 Å². The van der Waals surface area contributed by atoms with Crippen molar-refractivity contribution in [2.24, 2.45) is 0 Å². The largest absolute Gasteiger partial charge is 0.354 e. The lowest BCUT2D eigenvalue weighted by molar-refractivity contribution is -0.128. The van der Waals surface area contributed by atoms with Gasteiger partial charge in [0.2, 0.25) is 17.7 Å². The van der Waals surface area contributed by atoms with E-state index in [4.69, 9.17) is 0 Å². The van der Waals surface area contributed by atoms with Crippen molar-refractivity contribution in [2.45, 2.75) is 45.1 Å². The van der Waals surface area contributed by atoms with Gasteiger partial charge >= 0.3 is 0 Å². The Labute approximate surface area is 163 Å². The van der Waals surface area contributed by atoms with Crippen LogP contribution in [0.4, 0.5) is 0 Å². The van der Waals surface area contributed by atoms with Crippen LogP contribution in [-0.2, 0) is 14.4 Å². The predicted molar refractivity (Wildman–Crippen MR) is 109 cm³/mol. The van der Waals surface area contributed by atoms with Crippen LogP contribution < -0.4 is 16.0 Å². The molecular weight excluding hydrogens is 441 g/mol. The maximum absolute atomic E-state index is 12.0. The van der Waals surface area contributed by atoms with Gasteiger partial charge in [0, 0.05) is 36.1 Å². The fourth-order valence-electron chi connectivity index (χ4n) is 1.85. The molecule has 0 aromatic heterocycles. The molecule has 0 spiro atoms. The van der Waals surface area contributed by atoms with Crippen LogP contribution in [0.5, 0.6) is 0 Å². The number of allylic oxidation sites excluding steroid dienone is 1. The van der Waals surface area contributed by atoms with E-state index < -0.39 is 6.04 Å². The van der Waals surface area contributed by atoms with Crippen LogP contribution in [0.25, 0.3) is 0 Å². The summed E-state index contributed by atoms with van der Waals surface area (Å²) >= 11 is 6.22. The van der Waals surface area contributed by atoms with E-state index >= 15 is 0 Å². The first-order valence-corrected chi connectivity index (χ1v) is 10.3. The van der Waals surface area contributed by atoms with Crippen LogP contribution >= 0.6 is 35.2 Å². The summed E-state index contributed by atoms with van der Waals surface area (Å²) in [6, 6.07) is -0.596. The molecular formula is C16H28IN3O3S. The van der Waals surface area contributed by atoms with Gasteiger partial charge < -0.3 is 16.0 Å². The lowest BCUT2D eigenvalue weighted by atomic mass is 10.2. The van der Waals surface area contributed by atoms with Gasteiger partial charge in [-0.05, 0) is 19.8 Å². The van der Waals surface area contributed by atoms with Crippen molar-refractivity contribution >= 4 is 52.9 Å². The van der Waals surface area contributed by atoms with Crippen molar-refractivity contribution in [1.29, 1.82) is 0 Å². The normalized spacial score (nSPS) is 12.0. The SMILES string of the molecule is C/C=C\CNC(=O)CCCCCNC(=O)C(CS)NC(=O)CCI. The first kappa shape index (κ1) is 23.2. The first-order valence-electron chi connectivity index (χ1n) is 8.16. The van der Waals surface area contributed by atoms with E-state index in [1.54, 1.807) is 0 Å². The number of hydrogen-bond acceptors (Lipinski definition) is 4. The quantitative estimate of drug-likeness (QED) is 0.109. The highest BCUT2D eigenvalue weighted by Gasteiger charge is 2.18. The Morgan fingerprint density at radius 1 is 1.08 bits per heavy atom. The summed E-state index contributed by atoms with van der Waals surface area (Å²) in [5, 5.41) is 8.26. The van der Waals surface area contributed by atoms with E-state index in [1.807, 2.05) is 19.1 Å². The summed E-state index contributed by atoms with van der Waals surface area (Å²) in [6.07, 6.45) is 7.14. The van der Waals surface area contributed by atoms with Crippen LogP contribution in [0, 0.1) is 0 Å². The van der Waals surface area contributed by atoms with Crippen LogP contribution in [0.3, 0.4) is 0 Å². The summed E-state index contributed by atoms with van der Waals surface area (Å²) in [4.78, 5) is 35.0. The molecule has 0 rings (SSSR count). The molecule has 0 aliphatic carbocycles. The Morgan fingerprint density at radius 2 is 1.83 bits per heavy atom. The molecule has 0 aliphatic heterocycles. The number of rotatable bonds is 13. The van der Waals surface area contributed by atoms with Crippen LogP contribution in [0.1, 0.15) is 39.0 Å². The number of nitrogens with one attached hydrogen (secondary N) is 3. The molecule has 138 valence electrons. The Kier molecular flexibility index (Phi) is 15.2. The number of carbonyl (C=O) groups excluding carboxylic acids is 3. The molecule has 0 aromatic carbocycles. The van der Waals surface area contributed by atoms with Crippen LogP contribution in [-0.4, -0.2) is 47.0 Å². The molecule has 1 atom stereocenters. The number of thiol groups is 1. The highest BCUT2D eigenvalue weighted by molar-refractivity contribution is 14.1. The molecule has 24 heavy (non-hydrogen) atoms. The molecule has 1 unspecified atom stereocenters. The third kappa shape index (κ3) is 12.6. The fraction of sp³-hybridized carbons (Fsp3) is 0.688. The zero-order valence-corrected chi connectivity index (χ0v) is 17.2. The maximum atomic E-state index is 12.0. The molecule has 0 fully saturated rings. The first-order chi connectivity index (χ1) is 11.5. The van der Waals surface area contributed by atoms with Crippen molar-refractivity contribution in [3.63, 3.8) is 0 Å². The van der Waals surface area contributed by atoms with E-state index in [0.717, 1.165) is 19.3 Å². The number of amides is 3. The van der Waals surface area contributed by atoms with Crippen molar-refractivity contribution in [1.82, 2.24) is 16.0 Å². The molecule has 0 heterocycles. The molecule has 0 saturated heterocycles. The minimum Gasteiger partial charge on any atom is -0.354 e. The van der Waals surface area contributed by atoms with Crippen LogP contribution in [0.2, 0.25) is 0 Å². The predicted octanol–water partition coefficient (Wildman–Crippen LogP) is 1.59. The molecule has 0 aliphatic rings. The third-order valence-electron chi connectivity index (χ3n) is 3.19. The van der Waals surface area contributed by atoms with Gasteiger partial charge in [0.15, 0.2) is 0 Å². The molecule has 8 heteroatoms. The van der Waals surface area contributed by atoms with Gasteiger partial charge in [0.25, 0.3) is 0 Å². The zero-order chi connectivity index (χ0) is 18.2. The van der Waals surface area contributed by atoms with Gasteiger partial charge in [-0.15, -0.1) is 0 Å². The third-order valence-corrected chi connectivity index (χ3v) is 4.09. The Bertz CT molecular complexity index is 419.